The van der Waals surface area contributed by atoms with Gasteiger partial charge in [-0.15, -0.1) is 0 Å². The van der Waals surface area contributed by atoms with Crippen molar-refractivity contribution >= 4 is 17.4 Å². The van der Waals surface area contributed by atoms with Crippen LogP contribution in [0.1, 0.15) is 5.56 Å². The highest BCUT2D eigenvalue weighted by molar-refractivity contribution is 5.97. The van der Waals surface area contributed by atoms with Gasteiger partial charge in [0.15, 0.2) is 12.4 Å². The lowest BCUT2D eigenvalue weighted by molar-refractivity contribution is -0.118. The number of hydrogen-bond acceptors (Lipinski definition) is 5. The van der Waals surface area contributed by atoms with Gasteiger partial charge in [0.2, 0.25) is 0 Å². The topological polar surface area (TPSA) is 110 Å². The number of nitrogens with one attached hydrogen (secondary N) is 1. The van der Waals surface area contributed by atoms with Gasteiger partial charge in [-0.1, -0.05) is 5.16 Å². The summed E-state index contributed by atoms with van der Waals surface area (Å²) in [5.74, 6) is 0.227. The second-order valence-electron chi connectivity index (χ2n) is 4.09. The van der Waals surface area contributed by atoms with E-state index >= 15 is 0 Å². The molecule has 0 saturated heterocycles. The molecule has 0 aliphatic rings. The number of anilines is 1. The molecule has 2 aromatic rings. The molecule has 0 aliphatic heterocycles. The molecule has 1 heterocycles. The average molecular weight is 286 g/mol. The van der Waals surface area contributed by atoms with Crippen molar-refractivity contribution in [1.29, 1.82) is 0 Å². The maximum atomic E-state index is 11.7. The molecule has 1 aromatic carbocycles. The van der Waals surface area contributed by atoms with Crippen molar-refractivity contribution in [1.82, 2.24) is 4.98 Å². The van der Waals surface area contributed by atoms with Gasteiger partial charge >= 0.3 is 0 Å². The summed E-state index contributed by atoms with van der Waals surface area (Å²) in [6.07, 6.45) is 3.17. The molecule has 0 fully saturated rings. The Labute approximate surface area is 121 Å². The quantitative estimate of drug-likeness (QED) is 0.331. The number of pyridine rings is 1. The minimum atomic E-state index is -0.288. The van der Waals surface area contributed by atoms with E-state index in [-0.39, 0.29) is 18.3 Å². The number of nitrogens with zero attached hydrogens (tertiary/aromatic N) is 2. The fourth-order valence-electron chi connectivity index (χ4n) is 1.56. The Balaban J connectivity index is 1.87. The van der Waals surface area contributed by atoms with Crippen LogP contribution < -0.4 is 15.8 Å². The Morgan fingerprint density at radius 3 is 2.71 bits per heavy atom. The van der Waals surface area contributed by atoms with Crippen LogP contribution in [-0.4, -0.2) is 28.5 Å². The summed E-state index contributed by atoms with van der Waals surface area (Å²) in [6, 6.07) is 9.97. The predicted molar refractivity (Wildman–Crippen MR) is 77.3 cm³/mol. The summed E-state index contributed by atoms with van der Waals surface area (Å²) in [7, 11) is 0. The molecule has 7 nitrogen and oxygen atoms in total. The Bertz CT molecular complexity index is 626. The molecule has 7 heteroatoms. The highest BCUT2D eigenvalue weighted by atomic mass is 16.5. The average Bonchev–Trinajstić information content (AvgIpc) is 2.53. The maximum absolute atomic E-state index is 11.7. The number of ether oxygens (including phenoxy) is 1. The Kier molecular flexibility index (Phi) is 4.70. The van der Waals surface area contributed by atoms with Gasteiger partial charge < -0.3 is 21.0 Å². The minimum Gasteiger partial charge on any atom is -0.484 e. The van der Waals surface area contributed by atoms with Gasteiger partial charge in [-0.3, -0.25) is 9.78 Å². The number of amidine groups is 1. The molecule has 1 aromatic heterocycles. The van der Waals surface area contributed by atoms with Gasteiger partial charge in [-0.2, -0.15) is 0 Å². The third kappa shape index (κ3) is 4.20. The lowest BCUT2D eigenvalue weighted by atomic mass is 10.2. The number of aromatic nitrogens is 1. The lowest BCUT2D eigenvalue weighted by Gasteiger charge is -2.07. The van der Waals surface area contributed by atoms with Crippen LogP contribution in [0.3, 0.4) is 0 Å². The van der Waals surface area contributed by atoms with Crippen molar-refractivity contribution in [2.75, 3.05) is 11.9 Å². The van der Waals surface area contributed by atoms with Crippen molar-refractivity contribution in [3.63, 3.8) is 0 Å². The highest BCUT2D eigenvalue weighted by Crippen LogP contribution is 2.12. The van der Waals surface area contributed by atoms with Crippen molar-refractivity contribution in [3.8, 4) is 5.75 Å². The standard InChI is InChI=1S/C14H14N4O3/c15-14(18-20)10-3-5-12(6-4-10)21-9-13(19)17-11-2-1-7-16-8-11/h1-8,20H,9H2,(H2,15,18)(H,17,19). The molecule has 0 bridgehead atoms. The first-order valence-electron chi connectivity index (χ1n) is 6.09. The summed E-state index contributed by atoms with van der Waals surface area (Å²) >= 11 is 0. The van der Waals surface area contributed by atoms with E-state index < -0.39 is 0 Å². The first-order valence-corrected chi connectivity index (χ1v) is 6.09. The van der Waals surface area contributed by atoms with Gasteiger partial charge in [-0.05, 0) is 36.4 Å². The molecule has 108 valence electrons. The first-order chi connectivity index (χ1) is 10.2. The van der Waals surface area contributed by atoms with E-state index in [9.17, 15) is 4.79 Å². The van der Waals surface area contributed by atoms with E-state index in [1.54, 1.807) is 48.8 Å². The maximum Gasteiger partial charge on any atom is 0.262 e. The summed E-state index contributed by atoms with van der Waals surface area (Å²) in [5, 5.41) is 14.1. The number of oxime groups is 1. The van der Waals surface area contributed by atoms with Gasteiger partial charge in [-0.25, -0.2) is 0 Å². The van der Waals surface area contributed by atoms with Crippen molar-refractivity contribution in [2.45, 2.75) is 0 Å². The normalized spacial score (nSPS) is 11.0. The second-order valence-corrected chi connectivity index (χ2v) is 4.09. The molecule has 0 saturated carbocycles. The molecule has 1 amide bonds. The Hall–Kier alpha value is -3.09. The van der Waals surface area contributed by atoms with E-state index in [2.05, 4.69) is 15.5 Å². The number of hydrogen-bond donors (Lipinski definition) is 3. The van der Waals surface area contributed by atoms with Crippen LogP contribution in [0.25, 0.3) is 0 Å². The van der Waals surface area contributed by atoms with Crippen molar-refractivity contribution in [3.05, 3.63) is 54.4 Å². The molecule has 4 N–H and O–H groups in total. The van der Waals surface area contributed by atoms with Crippen LogP contribution in [-0.2, 0) is 4.79 Å². The zero-order valence-electron chi connectivity index (χ0n) is 11.1. The first kappa shape index (κ1) is 14.3. The van der Waals surface area contributed by atoms with E-state index in [4.69, 9.17) is 15.7 Å². The van der Waals surface area contributed by atoms with Crippen LogP contribution in [0.5, 0.6) is 5.75 Å². The summed E-state index contributed by atoms with van der Waals surface area (Å²) in [6.45, 7) is -0.127. The minimum absolute atomic E-state index is 0.0101. The molecule has 0 radical (unpaired) electrons. The van der Waals surface area contributed by atoms with Gasteiger partial charge in [0, 0.05) is 11.8 Å². The highest BCUT2D eigenvalue weighted by Gasteiger charge is 2.04. The molecule has 0 atom stereocenters. The number of carbonyl (C=O) groups excluding carboxylic acids is 1. The second kappa shape index (κ2) is 6.90. The molecule has 0 aliphatic carbocycles. The van der Waals surface area contributed by atoms with E-state index in [0.29, 0.717) is 17.0 Å². The number of nitrogens with two attached hydrogens (primary N) is 1. The Morgan fingerprint density at radius 2 is 2.10 bits per heavy atom. The summed E-state index contributed by atoms with van der Waals surface area (Å²) < 4.78 is 5.33. The molecule has 2 rings (SSSR count). The van der Waals surface area contributed by atoms with Gasteiger partial charge in [0.1, 0.15) is 5.75 Å². The van der Waals surface area contributed by atoms with Gasteiger partial charge in [0.25, 0.3) is 5.91 Å². The van der Waals surface area contributed by atoms with E-state index in [1.165, 1.54) is 0 Å². The molecular formula is C14H14N4O3. The number of carbonyl (C=O) groups is 1. The zero-order valence-corrected chi connectivity index (χ0v) is 11.1. The molecular weight excluding hydrogens is 272 g/mol. The number of rotatable bonds is 5. The number of amides is 1. The summed E-state index contributed by atoms with van der Waals surface area (Å²) in [4.78, 5) is 15.6. The van der Waals surface area contributed by atoms with Crippen LogP contribution in [0.15, 0.2) is 53.9 Å². The van der Waals surface area contributed by atoms with E-state index in [1.807, 2.05) is 0 Å². The van der Waals surface area contributed by atoms with Gasteiger partial charge in [0.05, 0.1) is 11.9 Å². The molecule has 21 heavy (non-hydrogen) atoms. The third-order valence-electron chi connectivity index (χ3n) is 2.57. The van der Waals surface area contributed by atoms with Crippen molar-refractivity contribution < 1.29 is 14.7 Å². The van der Waals surface area contributed by atoms with Crippen LogP contribution in [0, 0.1) is 0 Å². The Morgan fingerprint density at radius 1 is 1.33 bits per heavy atom. The van der Waals surface area contributed by atoms with Crippen LogP contribution in [0.4, 0.5) is 5.69 Å². The third-order valence-corrected chi connectivity index (χ3v) is 2.57. The molecule has 0 unspecified atom stereocenters. The van der Waals surface area contributed by atoms with Crippen LogP contribution >= 0.6 is 0 Å². The summed E-state index contributed by atoms with van der Waals surface area (Å²) in [5.41, 5.74) is 6.61. The fourth-order valence-corrected chi connectivity index (χ4v) is 1.56. The predicted octanol–water partition coefficient (Wildman–Crippen LogP) is 1.19. The monoisotopic (exact) mass is 286 g/mol. The number of benzene rings is 1. The molecule has 0 spiro atoms. The van der Waals surface area contributed by atoms with Crippen LogP contribution in [0.2, 0.25) is 0 Å². The lowest BCUT2D eigenvalue weighted by Crippen LogP contribution is -2.20. The smallest absolute Gasteiger partial charge is 0.262 e. The van der Waals surface area contributed by atoms with Crippen molar-refractivity contribution in [2.24, 2.45) is 10.9 Å². The largest absolute Gasteiger partial charge is 0.484 e. The SMILES string of the molecule is N/C(=N\O)c1ccc(OCC(=O)Nc2cccnc2)cc1. The van der Waals surface area contributed by atoms with E-state index in [0.717, 1.165) is 0 Å². The fraction of sp³-hybridized carbons (Fsp3) is 0.0714. The zero-order chi connectivity index (χ0) is 15.1.